The van der Waals surface area contributed by atoms with E-state index in [9.17, 15) is 9.59 Å². The number of anilines is 1. The molecule has 0 saturated heterocycles. The van der Waals surface area contributed by atoms with Crippen molar-refractivity contribution in [3.8, 4) is 0 Å². The molecule has 0 saturated carbocycles. The molecule has 5 heteroatoms. The fourth-order valence-electron chi connectivity index (χ4n) is 3.13. The Hall–Kier alpha value is -3.08. The summed E-state index contributed by atoms with van der Waals surface area (Å²) in [5.74, 6) is -0.585. The number of carbonyl (C=O) groups excluding carboxylic acids is 2. The van der Waals surface area contributed by atoms with E-state index < -0.39 is 12.1 Å². The average Bonchev–Trinajstić information content (AvgIpc) is 3.04. The number of esters is 1. The summed E-state index contributed by atoms with van der Waals surface area (Å²) in [6.45, 7) is 7.56. The van der Waals surface area contributed by atoms with Crippen LogP contribution in [0.15, 0.2) is 52.9 Å². The molecule has 1 heterocycles. The van der Waals surface area contributed by atoms with Crippen LogP contribution in [0.1, 0.15) is 54.8 Å². The smallest absolute Gasteiger partial charge is 0.375 e. The fraction of sp³-hybridized carbons (Fsp3) is 0.304. The summed E-state index contributed by atoms with van der Waals surface area (Å²) < 4.78 is 11.0. The molecule has 5 nitrogen and oxygen atoms in total. The van der Waals surface area contributed by atoms with Crippen molar-refractivity contribution < 1.29 is 18.7 Å². The van der Waals surface area contributed by atoms with Gasteiger partial charge in [0.25, 0.3) is 5.91 Å². The standard InChI is InChI=1S/C23H25NO4/c1-5-14(2)17-10-6-8-12-19(17)24-22(25)16(4)27-23(26)21-15(3)18-11-7-9-13-20(18)28-21/h6-14,16H,5H2,1-4H3,(H,24,25)/t14-,16+/m0/s1. The Morgan fingerprint density at radius 1 is 1.07 bits per heavy atom. The van der Waals surface area contributed by atoms with Gasteiger partial charge in [0.05, 0.1) is 0 Å². The van der Waals surface area contributed by atoms with Crippen LogP contribution in [0.5, 0.6) is 0 Å². The first-order valence-electron chi connectivity index (χ1n) is 9.51. The Balaban J connectivity index is 1.72. The number of amides is 1. The van der Waals surface area contributed by atoms with E-state index in [2.05, 4.69) is 19.2 Å². The number of ether oxygens (including phenoxy) is 1. The van der Waals surface area contributed by atoms with Gasteiger partial charge in [0.15, 0.2) is 6.10 Å². The zero-order valence-electron chi connectivity index (χ0n) is 16.6. The second-order valence-corrected chi connectivity index (χ2v) is 6.99. The SMILES string of the molecule is CC[C@H](C)c1ccccc1NC(=O)[C@@H](C)OC(=O)c1oc2ccccc2c1C. The quantitative estimate of drug-likeness (QED) is 0.579. The van der Waals surface area contributed by atoms with Crippen LogP contribution < -0.4 is 5.32 Å². The molecule has 0 aliphatic carbocycles. The first-order valence-corrected chi connectivity index (χ1v) is 9.51. The zero-order valence-corrected chi connectivity index (χ0v) is 16.6. The molecule has 146 valence electrons. The normalized spacial score (nSPS) is 13.1. The highest BCUT2D eigenvalue weighted by molar-refractivity contribution is 5.99. The molecule has 2 aromatic carbocycles. The highest BCUT2D eigenvalue weighted by atomic mass is 16.6. The van der Waals surface area contributed by atoms with Crippen LogP contribution in [-0.2, 0) is 9.53 Å². The minimum Gasteiger partial charge on any atom is -0.449 e. The number of para-hydroxylation sites is 2. The van der Waals surface area contributed by atoms with Gasteiger partial charge in [-0.3, -0.25) is 4.79 Å². The van der Waals surface area contributed by atoms with E-state index in [0.29, 0.717) is 17.1 Å². The van der Waals surface area contributed by atoms with Crippen LogP contribution in [0.3, 0.4) is 0 Å². The molecule has 0 aliphatic heterocycles. The van der Waals surface area contributed by atoms with Gasteiger partial charge in [0.1, 0.15) is 5.58 Å². The average molecular weight is 379 g/mol. The van der Waals surface area contributed by atoms with E-state index in [1.165, 1.54) is 0 Å². The Kier molecular flexibility index (Phi) is 5.83. The van der Waals surface area contributed by atoms with Crippen molar-refractivity contribution in [1.82, 2.24) is 0 Å². The molecular weight excluding hydrogens is 354 g/mol. The summed E-state index contributed by atoms with van der Waals surface area (Å²) in [5.41, 5.74) is 3.12. The third-order valence-electron chi connectivity index (χ3n) is 5.04. The third-order valence-corrected chi connectivity index (χ3v) is 5.04. The number of aryl methyl sites for hydroxylation is 1. The number of benzene rings is 2. The number of fused-ring (bicyclic) bond motifs is 1. The molecule has 0 aliphatic rings. The number of furan rings is 1. The van der Waals surface area contributed by atoms with Gasteiger partial charge in [-0.15, -0.1) is 0 Å². The molecule has 0 fully saturated rings. The molecule has 3 aromatic rings. The lowest BCUT2D eigenvalue weighted by Gasteiger charge is -2.18. The number of rotatable bonds is 6. The molecule has 2 atom stereocenters. The summed E-state index contributed by atoms with van der Waals surface area (Å²) >= 11 is 0. The summed E-state index contributed by atoms with van der Waals surface area (Å²) in [7, 11) is 0. The Labute approximate surface area is 164 Å². The molecule has 0 bridgehead atoms. The van der Waals surface area contributed by atoms with E-state index in [1.54, 1.807) is 19.9 Å². The van der Waals surface area contributed by atoms with E-state index in [-0.39, 0.29) is 11.7 Å². The minimum atomic E-state index is -0.954. The maximum atomic E-state index is 12.6. The highest BCUT2D eigenvalue weighted by Gasteiger charge is 2.24. The van der Waals surface area contributed by atoms with Gasteiger partial charge in [0, 0.05) is 16.6 Å². The fourth-order valence-corrected chi connectivity index (χ4v) is 3.13. The number of nitrogens with one attached hydrogen (secondary N) is 1. The van der Waals surface area contributed by atoms with Crippen molar-refractivity contribution >= 4 is 28.5 Å². The van der Waals surface area contributed by atoms with Crippen molar-refractivity contribution in [2.24, 2.45) is 0 Å². The molecule has 28 heavy (non-hydrogen) atoms. The first kappa shape index (κ1) is 19.7. The van der Waals surface area contributed by atoms with Gasteiger partial charge < -0.3 is 14.5 Å². The minimum absolute atomic E-state index is 0.126. The second kappa shape index (κ2) is 8.30. The second-order valence-electron chi connectivity index (χ2n) is 6.99. The topological polar surface area (TPSA) is 68.5 Å². The summed E-state index contributed by atoms with van der Waals surface area (Å²) in [6.07, 6.45) is 0.00745. The highest BCUT2D eigenvalue weighted by Crippen LogP contribution is 2.27. The number of carbonyl (C=O) groups is 2. The number of hydrogen-bond acceptors (Lipinski definition) is 4. The van der Waals surface area contributed by atoms with Crippen molar-refractivity contribution in [2.45, 2.75) is 46.1 Å². The van der Waals surface area contributed by atoms with Crippen LogP contribution in [0, 0.1) is 6.92 Å². The van der Waals surface area contributed by atoms with Crippen molar-refractivity contribution in [1.29, 1.82) is 0 Å². The molecular formula is C23H25NO4. The lowest BCUT2D eigenvalue weighted by atomic mass is 9.97. The van der Waals surface area contributed by atoms with Gasteiger partial charge in [-0.1, -0.05) is 50.2 Å². The van der Waals surface area contributed by atoms with E-state index in [1.807, 2.05) is 42.5 Å². The molecule has 1 amide bonds. The first-order chi connectivity index (χ1) is 13.4. The van der Waals surface area contributed by atoms with Gasteiger partial charge in [-0.2, -0.15) is 0 Å². The van der Waals surface area contributed by atoms with Gasteiger partial charge in [0.2, 0.25) is 5.76 Å². The van der Waals surface area contributed by atoms with E-state index >= 15 is 0 Å². The Morgan fingerprint density at radius 3 is 2.46 bits per heavy atom. The molecule has 1 N–H and O–H groups in total. The molecule has 0 radical (unpaired) electrons. The summed E-state index contributed by atoms with van der Waals surface area (Å²) in [4.78, 5) is 25.1. The van der Waals surface area contributed by atoms with E-state index in [4.69, 9.17) is 9.15 Å². The molecule has 3 rings (SSSR count). The van der Waals surface area contributed by atoms with Gasteiger partial charge in [-0.25, -0.2) is 4.79 Å². The Bertz CT molecular complexity index is 1000. The maximum absolute atomic E-state index is 12.6. The van der Waals surface area contributed by atoms with Crippen molar-refractivity contribution in [3.63, 3.8) is 0 Å². The van der Waals surface area contributed by atoms with Crippen LogP contribution >= 0.6 is 0 Å². The Morgan fingerprint density at radius 2 is 1.75 bits per heavy atom. The van der Waals surface area contributed by atoms with Crippen molar-refractivity contribution in [3.05, 3.63) is 65.4 Å². The largest absolute Gasteiger partial charge is 0.449 e. The lowest BCUT2D eigenvalue weighted by molar-refractivity contribution is -0.123. The van der Waals surface area contributed by atoms with E-state index in [0.717, 1.165) is 23.1 Å². The number of hydrogen-bond donors (Lipinski definition) is 1. The van der Waals surface area contributed by atoms with Crippen LogP contribution in [0.2, 0.25) is 0 Å². The summed E-state index contributed by atoms with van der Waals surface area (Å²) in [5, 5.41) is 3.73. The predicted molar refractivity (Wildman–Crippen MR) is 110 cm³/mol. The van der Waals surface area contributed by atoms with Gasteiger partial charge >= 0.3 is 5.97 Å². The lowest BCUT2D eigenvalue weighted by Crippen LogP contribution is -2.30. The monoisotopic (exact) mass is 379 g/mol. The molecule has 0 spiro atoms. The molecule has 0 unspecified atom stereocenters. The van der Waals surface area contributed by atoms with Gasteiger partial charge in [-0.05, 0) is 43.9 Å². The van der Waals surface area contributed by atoms with Crippen LogP contribution in [0.4, 0.5) is 5.69 Å². The predicted octanol–water partition coefficient (Wildman–Crippen LogP) is 5.44. The zero-order chi connectivity index (χ0) is 20.3. The summed E-state index contributed by atoms with van der Waals surface area (Å²) in [6, 6.07) is 15.1. The maximum Gasteiger partial charge on any atom is 0.375 e. The third kappa shape index (κ3) is 3.93. The molecule has 1 aromatic heterocycles. The van der Waals surface area contributed by atoms with Crippen LogP contribution in [-0.4, -0.2) is 18.0 Å². The van der Waals surface area contributed by atoms with Crippen LogP contribution in [0.25, 0.3) is 11.0 Å². The van der Waals surface area contributed by atoms with Crippen molar-refractivity contribution in [2.75, 3.05) is 5.32 Å².